The lowest BCUT2D eigenvalue weighted by atomic mass is 9.91. The molecule has 1 amide bonds. The van der Waals surface area contributed by atoms with Crippen molar-refractivity contribution < 1.29 is 9.53 Å². The van der Waals surface area contributed by atoms with Crippen LogP contribution in [0.4, 0.5) is 0 Å². The summed E-state index contributed by atoms with van der Waals surface area (Å²) in [6.45, 7) is 13.1. The Balaban J connectivity index is 2.46. The van der Waals surface area contributed by atoms with Crippen LogP contribution in [0.5, 0.6) is 0 Å². The van der Waals surface area contributed by atoms with Crippen LogP contribution in [0.15, 0.2) is 12.2 Å². The van der Waals surface area contributed by atoms with Crippen LogP contribution in [0, 0.1) is 0 Å². The number of amides is 1. The quantitative estimate of drug-likeness (QED) is 0.642. The van der Waals surface area contributed by atoms with Crippen LogP contribution in [0.1, 0.15) is 43.1 Å². The second-order valence-corrected chi connectivity index (χ2v) is 6.22. The van der Waals surface area contributed by atoms with Crippen molar-refractivity contribution in [2.75, 3.05) is 19.8 Å². The summed E-state index contributed by atoms with van der Waals surface area (Å²) in [6, 6.07) is 0. The fourth-order valence-corrected chi connectivity index (χ4v) is 2.19. The SMILES string of the molecule is C=C(C)COCCNC(=O)c1snnc1C(C)(C)C. The number of nitrogens with one attached hydrogen (secondary N) is 1. The van der Waals surface area contributed by atoms with Crippen molar-refractivity contribution in [3.05, 3.63) is 22.7 Å². The highest BCUT2D eigenvalue weighted by Gasteiger charge is 2.25. The zero-order chi connectivity index (χ0) is 14.5. The minimum atomic E-state index is -0.184. The van der Waals surface area contributed by atoms with Gasteiger partial charge in [0.1, 0.15) is 4.88 Å². The molecule has 106 valence electrons. The van der Waals surface area contributed by atoms with Gasteiger partial charge in [-0.1, -0.05) is 37.4 Å². The average molecular weight is 283 g/mol. The number of carbonyl (C=O) groups excluding carboxylic acids is 1. The van der Waals surface area contributed by atoms with Crippen LogP contribution in [0.25, 0.3) is 0 Å². The molecule has 0 bridgehead atoms. The first-order valence-electron chi connectivity index (χ1n) is 6.15. The third-order valence-electron chi connectivity index (χ3n) is 2.29. The number of nitrogens with zero attached hydrogens (tertiary/aromatic N) is 2. The van der Waals surface area contributed by atoms with Gasteiger partial charge in [0.2, 0.25) is 0 Å². The number of hydrogen-bond donors (Lipinski definition) is 1. The van der Waals surface area contributed by atoms with Gasteiger partial charge in [0.25, 0.3) is 5.91 Å². The van der Waals surface area contributed by atoms with E-state index in [2.05, 4.69) is 21.5 Å². The summed E-state index contributed by atoms with van der Waals surface area (Å²) in [4.78, 5) is 12.6. The molecule has 0 aliphatic rings. The highest BCUT2D eigenvalue weighted by molar-refractivity contribution is 7.08. The monoisotopic (exact) mass is 283 g/mol. The molecule has 19 heavy (non-hydrogen) atoms. The number of aromatic nitrogens is 2. The second-order valence-electron chi connectivity index (χ2n) is 5.47. The maximum Gasteiger partial charge on any atom is 0.265 e. The van der Waals surface area contributed by atoms with Gasteiger partial charge in [-0.2, -0.15) is 0 Å². The van der Waals surface area contributed by atoms with Crippen molar-refractivity contribution in [2.24, 2.45) is 0 Å². The van der Waals surface area contributed by atoms with Gasteiger partial charge in [0, 0.05) is 12.0 Å². The molecule has 6 heteroatoms. The van der Waals surface area contributed by atoms with Crippen molar-refractivity contribution in [3.8, 4) is 0 Å². The maximum atomic E-state index is 12.0. The fourth-order valence-electron chi connectivity index (χ4n) is 1.39. The molecule has 1 aromatic heterocycles. The van der Waals surface area contributed by atoms with E-state index in [0.717, 1.165) is 22.8 Å². The van der Waals surface area contributed by atoms with Crippen LogP contribution >= 0.6 is 11.5 Å². The fraction of sp³-hybridized carbons (Fsp3) is 0.615. The van der Waals surface area contributed by atoms with E-state index in [-0.39, 0.29) is 11.3 Å². The van der Waals surface area contributed by atoms with Gasteiger partial charge in [-0.25, -0.2) is 0 Å². The van der Waals surface area contributed by atoms with Gasteiger partial charge in [-0.05, 0) is 18.5 Å². The molecular weight excluding hydrogens is 262 g/mol. The zero-order valence-corrected chi connectivity index (χ0v) is 12.8. The molecule has 1 aromatic rings. The van der Waals surface area contributed by atoms with Gasteiger partial charge in [0.15, 0.2) is 0 Å². The van der Waals surface area contributed by atoms with Gasteiger partial charge >= 0.3 is 0 Å². The lowest BCUT2D eigenvalue weighted by molar-refractivity contribution is 0.0928. The maximum absolute atomic E-state index is 12.0. The topological polar surface area (TPSA) is 64.1 Å². The van der Waals surface area contributed by atoms with E-state index in [0.29, 0.717) is 24.6 Å². The molecule has 0 radical (unpaired) electrons. The summed E-state index contributed by atoms with van der Waals surface area (Å²) in [5.41, 5.74) is 1.52. The Morgan fingerprint density at radius 2 is 2.16 bits per heavy atom. The molecule has 0 saturated heterocycles. The molecule has 1 heterocycles. The lowest BCUT2D eigenvalue weighted by Gasteiger charge is -2.16. The van der Waals surface area contributed by atoms with Crippen molar-refractivity contribution >= 4 is 17.4 Å². The zero-order valence-electron chi connectivity index (χ0n) is 11.9. The molecular formula is C13H21N3O2S. The molecule has 0 unspecified atom stereocenters. The lowest BCUT2D eigenvalue weighted by Crippen LogP contribution is -2.29. The van der Waals surface area contributed by atoms with Gasteiger partial charge < -0.3 is 10.1 Å². The van der Waals surface area contributed by atoms with Crippen LogP contribution < -0.4 is 5.32 Å². The summed E-state index contributed by atoms with van der Waals surface area (Å²) in [5.74, 6) is -0.140. The Labute approximate surface area is 118 Å². The van der Waals surface area contributed by atoms with Crippen LogP contribution in [0.2, 0.25) is 0 Å². The average Bonchev–Trinajstić information content (AvgIpc) is 2.76. The second kappa shape index (κ2) is 6.77. The standard InChI is InChI=1S/C13H21N3O2S/c1-9(2)8-18-7-6-14-12(17)10-11(13(3,4)5)15-16-19-10/h1,6-8H2,2-5H3,(H,14,17). The Bertz CT molecular complexity index is 449. The summed E-state index contributed by atoms with van der Waals surface area (Å²) in [7, 11) is 0. The largest absolute Gasteiger partial charge is 0.375 e. The molecule has 0 saturated carbocycles. The first-order valence-corrected chi connectivity index (χ1v) is 6.93. The highest BCUT2D eigenvalue weighted by atomic mass is 32.1. The minimum absolute atomic E-state index is 0.140. The van der Waals surface area contributed by atoms with Crippen LogP contribution in [-0.4, -0.2) is 35.3 Å². The van der Waals surface area contributed by atoms with E-state index in [1.54, 1.807) is 0 Å². The van der Waals surface area contributed by atoms with E-state index >= 15 is 0 Å². The molecule has 1 rings (SSSR count). The molecule has 0 aliphatic heterocycles. The van der Waals surface area contributed by atoms with E-state index in [1.165, 1.54) is 0 Å². The van der Waals surface area contributed by atoms with E-state index in [9.17, 15) is 4.79 Å². The smallest absolute Gasteiger partial charge is 0.265 e. The Morgan fingerprint density at radius 1 is 1.47 bits per heavy atom. The highest BCUT2D eigenvalue weighted by Crippen LogP contribution is 2.25. The predicted molar refractivity (Wildman–Crippen MR) is 76.6 cm³/mol. The number of hydrogen-bond acceptors (Lipinski definition) is 5. The predicted octanol–water partition coefficient (Wildman–Crippen LogP) is 2.16. The third-order valence-corrected chi connectivity index (χ3v) is 3.01. The van der Waals surface area contributed by atoms with Crippen molar-refractivity contribution in [2.45, 2.75) is 33.1 Å². The first-order chi connectivity index (χ1) is 8.82. The molecule has 1 N–H and O–H groups in total. The summed E-state index contributed by atoms with van der Waals surface area (Å²) in [6.07, 6.45) is 0. The molecule has 0 fully saturated rings. The molecule has 0 atom stereocenters. The molecule has 0 spiro atoms. The van der Waals surface area contributed by atoms with Gasteiger partial charge in [-0.3, -0.25) is 4.79 Å². The number of ether oxygens (including phenoxy) is 1. The normalized spacial score (nSPS) is 11.4. The van der Waals surface area contributed by atoms with E-state index < -0.39 is 0 Å². The minimum Gasteiger partial charge on any atom is -0.375 e. The summed E-state index contributed by atoms with van der Waals surface area (Å²) in [5, 5.41) is 6.85. The van der Waals surface area contributed by atoms with Crippen molar-refractivity contribution in [1.82, 2.24) is 14.9 Å². The summed E-state index contributed by atoms with van der Waals surface area (Å²) >= 11 is 1.13. The van der Waals surface area contributed by atoms with E-state index in [4.69, 9.17) is 4.74 Å². The number of rotatable bonds is 6. The first kappa shape index (κ1) is 15.8. The van der Waals surface area contributed by atoms with Crippen LogP contribution in [0.3, 0.4) is 0 Å². The molecule has 5 nitrogen and oxygen atoms in total. The Hall–Kier alpha value is -1.27. The third kappa shape index (κ3) is 5.08. The van der Waals surface area contributed by atoms with E-state index in [1.807, 2.05) is 27.7 Å². The molecule has 0 aliphatic carbocycles. The summed E-state index contributed by atoms with van der Waals surface area (Å²) < 4.78 is 9.18. The van der Waals surface area contributed by atoms with Crippen LogP contribution in [-0.2, 0) is 10.2 Å². The van der Waals surface area contributed by atoms with Gasteiger partial charge in [0.05, 0.1) is 18.9 Å². The Morgan fingerprint density at radius 3 is 2.74 bits per heavy atom. The molecule has 0 aromatic carbocycles. The Kier molecular flexibility index (Phi) is 5.62. The van der Waals surface area contributed by atoms with Crippen molar-refractivity contribution in [3.63, 3.8) is 0 Å². The number of carbonyl (C=O) groups is 1. The van der Waals surface area contributed by atoms with Crippen molar-refractivity contribution in [1.29, 1.82) is 0 Å². The van der Waals surface area contributed by atoms with Gasteiger partial charge in [-0.15, -0.1) is 5.10 Å².